The minimum absolute atomic E-state index is 0.324. The molecule has 0 aliphatic carbocycles. The van der Waals surface area contributed by atoms with E-state index in [9.17, 15) is 4.79 Å². The number of hydrogen-bond acceptors (Lipinski definition) is 1. The molecule has 0 aromatic rings. The van der Waals surface area contributed by atoms with Gasteiger partial charge in [-0.15, -0.1) is 0 Å². The molecule has 0 fully saturated rings. The van der Waals surface area contributed by atoms with Gasteiger partial charge in [0, 0.05) is 12.3 Å². The second-order valence-electron chi connectivity index (χ2n) is 3.19. The van der Waals surface area contributed by atoms with Gasteiger partial charge in [-0.1, -0.05) is 6.92 Å². The molecule has 0 spiro atoms. The van der Waals surface area contributed by atoms with Gasteiger partial charge in [0.15, 0.2) is 0 Å². The fourth-order valence-corrected chi connectivity index (χ4v) is 1.83. The summed E-state index contributed by atoms with van der Waals surface area (Å²) in [5, 5.41) is 0. The average molecular weight is 175 g/mol. The van der Waals surface area contributed by atoms with Gasteiger partial charge in [0.25, 0.3) is 0 Å². The van der Waals surface area contributed by atoms with Crippen molar-refractivity contribution in [1.82, 2.24) is 0 Å². The summed E-state index contributed by atoms with van der Waals surface area (Å²) in [6.45, 7) is 3.80. The number of carbonyl (C=O) groups is 1. The van der Waals surface area contributed by atoms with E-state index in [1.165, 1.54) is 5.75 Å². The fraction of sp³-hybridized carbons (Fsp3) is 0.889. The predicted molar refractivity (Wildman–Crippen MR) is 53.2 cm³/mol. The molecule has 0 aliphatic rings. The molecular weight excluding hydrogens is 156 g/mol. The Kier molecular flexibility index (Phi) is 5.65. The number of Topliss-reactive ketones (excluding diaryl/α,β-unsaturated/α-hetero) is 1. The Balaban J connectivity index is 3.61. The van der Waals surface area contributed by atoms with E-state index in [0.717, 1.165) is 12.8 Å². The summed E-state index contributed by atoms with van der Waals surface area (Å²) < 4.78 is 0. The Morgan fingerprint density at radius 3 is 2.27 bits per heavy atom. The first-order chi connectivity index (χ1) is 5.07. The SMILES string of the molecule is CC[C@@H](CC[S+](C)C)C(C)=O. The van der Waals surface area contributed by atoms with Crippen LogP contribution in [0.4, 0.5) is 0 Å². The Hall–Kier alpha value is 0.0200. The quantitative estimate of drug-likeness (QED) is 0.583. The molecule has 0 aromatic heterocycles. The molecule has 0 heterocycles. The molecule has 1 nitrogen and oxygen atoms in total. The highest BCUT2D eigenvalue weighted by atomic mass is 32.2. The minimum Gasteiger partial charge on any atom is -0.300 e. The summed E-state index contributed by atoms with van der Waals surface area (Å²) in [4.78, 5) is 11.0. The first-order valence-electron chi connectivity index (χ1n) is 4.12. The van der Waals surface area contributed by atoms with Crippen LogP contribution in [0.1, 0.15) is 26.7 Å². The van der Waals surface area contributed by atoms with Crippen molar-refractivity contribution in [2.45, 2.75) is 26.7 Å². The number of ketones is 1. The molecular formula is C9H19OS+. The second kappa shape index (κ2) is 5.64. The third-order valence-electron chi connectivity index (χ3n) is 1.94. The van der Waals surface area contributed by atoms with Crippen LogP contribution < -0.4 is 0 Å². The molecule has 0 rings (SSSR count). The van der Waals surface area contributed by atoms with Crippen LogP contribution in [0.3, 0.4) is 0 Å². The Bertz CT molecular complexity index is 121. The number of rotatable bonds is 5. The average Bonchev–Trinajstić information content (AvgIpc) is 1.87. The largest absolute Gasteiger partial charge is 0.300 e. The maximum absolute atomic E-state index is 11.0. The summed E-state index contributed by atoms with van der Waals surface area (Å²) in [7, 11) is 0.493. The Morgan fingerprint density at radius 2 is 2.00 bits per heavy atom. The molecule has 0 bridgehead atoms. The molecule has 1 atom stereocenters. The van der Waals surface area contributed by atoms with Gasteiger partial charge in [-0.25, -0.2) is 0 Å². The Morgan fingerprint density at radius 1 is 1.45 bits per heavy atom. The van der Waals surface area contributed by atoms with E-state index in [0.29, 0.717) is 22.6 Å². The van der Waals surface area contributed by atoms with Crippen molar-refractivity contribution >= 4 is 16.7 Å². The second-order valence-corrected chi connectivity index (χ2v) is 5.57. The van der Waals surface area contributed by atoms with Crippen molar-refractivity contribution in [3.05, 3.63) is 0 Å². The van der Waals surface area contributed by atoms with Crippen LogP contribution in [0.15, 0.2) is 0 Å². The predicted octanol–water partition coefficient (Wildman–Crippen LogP) is 1.87. The molecule has 11 heavy (non-hydrogen) atoms. The maximum Gasteiger partial charge on any atom is 0.133 e. The van der Waals surface area contributed by atoms with Gasteiger partial charge in [-0.2, -0.15) is 0 Å². The van der Waals surface area contributed by atoms with Crippen LogP contribution in [0.2, 0.25) is 0 Å². The van der Waals surface area contributed by atoms with Crippen molar-refractivity contribution < 1.29 is 4.79 Å². The van der Waals surface area contributed by atoms with Crippen molar-refractivity contribution in [1.29, 1.82) is 0 Å². The van der Waals surface area contributed by atoms with Crippen molar-refractivity contribution in [2.75, 3.05) is 18.3 Å². The molecule has 0 N–H and O–H groups in total. The summed E-state index contributed by atoms with van der Waals surface area (Å²) >= 11 is 0. The monoisotopic (exact) mass is 175 g/mol. The molecule has 0 saturated heterocycles. The van der Waals surface area contributed by atoms with Gasteiger partial charge in [0.05, 0.1) is 12.5 Å². The topological polar surface area (TPSA) is 17.1 Å². The lowest BCUT2D eigenvalue weighted by Gasteiger charge is -2.08. The summed E-state index contributed by atoms with van der Waals surface area (Å²) in [5.74, 6) is 1.89. The molecule has 66 valence electrons. The minimum atomic E-state index is 0.324. The van der Waals surface area contributed by atoms with Gasteiger partial charge in [-0.3, -0.25) is 4.79 Å². The van der Waals surface area contributed by atoms with E-state index in [2.05, 4.69) is 19.4 Å². The van der Waals surface area contributed by atoms with Gasteiger partial charge in [0.2, 0.25) is 0 Å². The molecule has 0 amide bonds. The lowest BCUT2D eigenvalue weighted by Crippen LogP contribution is -2.14. The molecule has 0 saturated carbocycles. The van der Waals surface area contributed by atoms with Crippen LogP contribution in [-0.2, 0) is 15.7 Å². The maximum atomic E-state index is 11.0. The van der Waals surface area contributed by atoms with E-state index in [1.54, 1.807) is 6.92 Å². The zero-order valence-electron chi connectivity index (χ0n) is 8.02. The van der Waals surface area contributed by atoms with Crippen LogP contribution in [-0.4, -0.2) is 24.0 Å². The first-order valence-corrected chi connectivity index (χ1v) is 6.33. The molecule has 0 aliphatic heterocycles. The standard InChI is InChI=1S/C9H19OS/c1-5-9(8(2)10)6-7-11(3)4/h9H,5-7H2,1-4H3/q+1/t9-/m0/s1. The van der Waals surface area contributed by atoms with Gasteiger partial charge in [0.1, 0.15) is 11.5 Å². The van der Waals surface area contributed by atoms with Crippen molar-refractivity contribution in [2.24, 2.45) is 5.92 Å². The molecule has 0 unspecified atom stereocenters. The highest BCUT2D eigenvalue weighted by Gasteiger charge is 2.14. The highest BCUT2D eigenvalue weighted by Crippen LogP contribution is 2.10. The summed E-state index contributed by atoms with van der Waals surface area (Å²) in [6.07, 6.45) is 6.55. The molecule has 2 heteroatoms. The van der Waals surface area contributed by atoms with E-state index < -0.39 is 0 Å². The number of carbonyl (C=O) groups excluding carboxylic acids is 1. The van der Waals surface area contributed by atoms with Gasteiger partial charge in [-0.05, 0) is 24.2 Å². The van der Waals surface area contributed by atoms with Crippen LogP contribution in [0, 0.1) is 5.92 Å². The van der Waals surface area contributed by atoms with Crippen LogP contribution >= 0.6 is 0 Å². The fourth-order valence-electron chi connectivity index (χ4n) is 1.07. The van der Waals surface area contributed by atoms with Gasteiger partial charge >= 0.3 is 0 Å². The summed E-state index contributed by atoms with van der Waals surface area (Å²) in [5.41, 5.74) is 0. The normalized spacial score (nSPS) is 13.5. The smallest absolute Gasteiger partial charge is 0.133 e. The van der Waals surface area contributed by atoms with E-state index in [4.69, 9.17) is 0 Å². The van der Waals surface area contributed by atoms with Crippen LogP contribution in [0.5, 0.6) is 0 Å². The lowest BCUT2D eigenvalue weighted by molar-refractivity contribution is -0.120. The van der Waals surface area contributed by atoms with Gasteiger partial charge < -0.3 is 0 Å². The molecule has 0 aromatic carbocycles. The first kappa shape index (κ1) is 11.0. The van der Waals surface area contributed by atoms with E-state index >= 15 is 0 Å². The Labute approximate surface area is 72.9 Å². The number of hydrogen-bond donors (Lipinski definition) is 0. The van der Waals surface area contributed by atoms with Crippen molar-refractivity contribution in [3.8, 4) is 0 Å². The zero-order chi connectivity index (χ0) is 8.85. The zero-order valence-corrected chi connectivity index (χ0v) is 8.83. The van der Waals surface area contributed by atoms with E-state index in [-0.39, 0.29) is 0 Å². The van der Waals surface area contributed by atoms with Crippen molar-refractivity contribution in [3.63, 3.8) is 0 Å². The highest BCUT2D eigenvalue weighted by molar-refractivity contribution is 7.95. The summed E-state index contributed by atoms with van der Waals surface area (Å²) in [6, 6.07) is 0. The van der Waals surface area contributed by atoms with E-state index in [1.807, 2.05) is 0 Å². The third-order valence-corrected chi connectivity index (χ3v) is 2.99. The van der Waals surface area contributed by atoms with Crippen LogP contribution in [0.25, 0.3) is 0 Å². The third kappa shape index (κ3) is 5.31. The lowest BCUT2D eigenvalue weighted by atomic mass is 10.00. The molecule has 0 radical (unpaired) electrons.